The average molecular weight is 592 g/mol. The molecular formula is C34H34FN7O2. The molecule has 0 unspecified atom stereocenters. The second-order valence-electron chi connectivity index (χ2n) is 11.5. The van der Waals surface area contributed by atoms with Crippen molar-refractivity contribution in [3.8, 4) is 39.7 Å². The van der Waals surface area contributed by atoms with Crippen molar-refractivity contribution in [1.82, 2.24) is 30.0 Å². The molecule has 6 rings (SSSR count). The Hall–Kier alpha value is -5.09. The van der Waals surface area contributed by atoms with Gasteiger partial charge in [-0.1, -0.05) is 26.0 Å². The Balaban J connectivity index is 1.33. The molecule has 4 heterocycles. The number of amides is 1. The number of aromatic amines is 2. The molecule has 0 saturated heterocycles. The van der Waals surface area contributed by atoms with Crippen molar-refractivity contribution in [3.05, 3.63) is 78.7 Å². The highest BCUT2D eigenvalue weighted by molar-refractivity contribution is 5.99. The SMILES string of the molecule is CC(C)CC(=O)Nc1cccc(-c2ccc3[nH]nc(-c4cc5c(-c6cc(F)cc(OCCN(C)C)c6)nccc5[nH]4)c3n2)c1. The molecule has 0 saturated carbocycles. The first-order valence-corrected chi connectivity index (χ1v) is 14.6. The first-order valence-electron chi connectivity index (χ1n) is 14.6. The van der Waals surface area contributed by atoms with E-state index in [2.05, 4.69) is 25.5 Å². The van der Waals surface area contributed by atoms with Crippen LogP contribution in [0.4, 0.5) is 10.1 Å². The highest BCUT2D eigenvalue weighted by Crippen LogP contribution is 2.34. The molecule has 0 spiro atoms. The van der Waals surface area contributed by atoms with Gasteiger partial charge in [0.05, 0.1) is 22.6 Å². The van der Waals surface area contributed by atoms with Crippen LogP contribution in [0.25, 0.3) is 55.8 Å². The van der Waals surface area contributed by atoms with Crippen LogP contribution in [0.1, 0.15) is 20.3 Å². The zero-order chi connectivity index (χ0) is 30.8. The molecule has 4 aromatic heterocycles. The first-order chi connectivity index (χ1) is 21.2. The van der Waals surface area contributed by atoms with E-state index in [0.717, 1.165) is 39.1 Å². The second kappa shape index (κ2) is 12.3. The lowest BCUT2D eigenvalue weighted by Crippen LogP contribution is -2.19. The van der Waals surface area contributed by atoms with Crippen molar-refractivity contribution < 1.29 is 13.9 Å². The summed E-state index contributed by atoms with van der Waals surface area (Å²) in [5.41, 5.74) is 7.31. The summed E-state index contributed by atoms with van der Waals surface area (Å²) in [7, 11) is 3.92. The lowest BCUT2D eigenvalue weighted by Gasteiger charge is -2.12. The van der Waals surface area contributed by atoms with Gasteiger partial charge < -0.3 is 19.9 Å². The molecule has 44 heavy (non-hydrogen) atoms. The molecule has 0 aliphatic carbocycles. The molecular weight excluding hydrogens is 557 g/mol. The van der Waals surface area contributed by atoms with Crippen LogP contribution >= 0.6 is 0 Å². The van der Waals surface area contributed by atoms with Crippen LogP contribution in [0.5, 0.6) is 5.75 Å². The highest BCUT2D eigenvalue weighted by Gasteiger charge is 2.17. The number of H-pyrrole nitrogens is 2. The second-order valence-corrected chi connectivity index (χ2v) is 11.5. The number of benzene rings is 2. The third kappa shape index (κ3) is 6.30. The molecule has 3 N–H and O–H groups in total. The van der Waals surface area contributed by atoms with Crippen LogP contribution in [0.3, 0.4) is 0 Å². The summed E-state index contributed by atoms with van der Waals surface area (Å²) < 4.78 is 20.5. The molecule has 224 valence electrons. The van der Waals surface area contributed by atoms with E-state index in [4.69, 9.17) is 9.72 Å². The number of ether oxygens (including phenoxy) is 1. The number of carbonyl (C=O) groups excluding carboxylic acids is 1. The third-order valence-corrected chi connectivity index (χ3v) is 7.20. The van der Waals surface area contributed by atoms with Crippen molar-refractivity contribution in [2.75, 3.05) is 32.6 Å². The van der Waals surface area contributed by atoms with Crippen LogP contribution in [-0.4, -0.2) is 63.2 Å². The minimum atomic E-state index is -0.393. The Labute approximate surface area is 254 Å². The first kappa shape index (κ1) is 29.0. The molecule has 0 bridgehead atoms. The lowest BCUT2D eigenvalue weighted by atomic mass is 10.1. The van der Waals surface area contributed by atoms with Crippen molar-refractivity contribution >= 4 is 33.5 Å². The van der Waals surface area contributed by atoms with Gasteiger partial charge in [-0.15, -0.1) is 0 Å². The number of nitrogens with one attached hydrogen (secondary N) is 3. The van der Waals surface area contributed by atoms with E-state index >= 15 is 0 Å². The van der Waals surface area contributed by atoms with E-state index < -0.39 is 5.82 Å². The summed E-state index contributed by atoms with van der Waals surface area (Å²) in [6, 6.07) is 20.0. The van der Waals surface area contributed by atoms with Gasteiger partial charge in [0.25, 0.3) is 0 Å². The number of nitrogens with zero attached hydrogens (tertiary/aromatic N) is 4. The molecule has 0 aliphatic heterocycles. The average Bonchev–Trinajstić information content (AvgIpc) is 3.60. The smallest absolute Gasteiger partial charge is 0.224 e. The standard InChI is InChI=1S/C34H34FN7O2/c1-20(2)14-31(43)37-24-7-5-6-21(16-24)27-8-9-29-33(39-27)34(41-40-29)30-19-26-28(38-30)10-11-36-32(26)22-15-23(35)18-25(17-22)44-13-12-42(3)4/h5-11,15-20,38H,12-14H2,1-4H3,(H,37,43)(H,40,41). The zero-order valence-corrected chi connectivity index (χ0v) is 25.1. The van der Waals surface area contributed by atoms with Gasteiger partial charge >= 0.3 is 0 Å². The number of carbonyl (C=O) groups is 1. The molecule has 0 atom stereocenters. The fraction of sp³-hybridized carbons (Fsp3) is 0.235. The highest BCUT2D eigenvalue weighted by atomic mass is 19.1. The molecule has 0 fully saturated rings. The Bertz CT molecular complexity index is 1960. The fourth-order valence-corrected chi connectivity index (χ4v) is 5.13. The van der Waals surface area contributed by atoms with Crippen LogP contribution in [0.15, 0.2) is 72.9 Å². The van der Waals surface area contributed by atoms with Gasteiger partial charge in [0.1, 0.15) is 29.4 Å². The quantitative estimate of drug-likeness (QED) is 0.160. The monoisotopic (exact) mass is 591 g/mol. The maximum Gasteiger partial charge on any atom is 0.224 e. The Kier molecular flexibility index (Phi) is 8.08. The van der Waals surface area contributed by atoms with E-state index in [1.807, 2.05) is 87.4 Å². The Morgan fingerprint density at radius 2 is 1.86 bits per heavy atom. The molecule has 0 radical (unpaired) electrons. The number of aromatic nitrogens is 5. The maximum absolute atomic E-state index is 14.6. The number of anilines is 1. The van der Waals surface area contributed by atoms with E-state index in [0.29, 0.717) is 47.8 Å². The molecule has 10 heteroatoms. The number of halogens is 1. The zero-order valence-electron chi connectivity index (χ0n) is 25.1. The van der Waals surface area contributed by atoms with Crippen LogP contribution in [0, 0.1) is 11.7 Å². The number of rotatable bonds is 10. The molecule has 9 nitrogen and oxygen atoms in total. The number of pyridine rings is 2. The van der Waals surface area contributed by atoms with E-state index in [1.165, 1.54) is 12.1 Å². The molecule has 1 amide bonds. The van der Waals surface area contributed by atoms with Crippen LogP contribution in [-0.2, 0) is 4.79 Å². The van der Waals surface area contributed by atoms with E-state index in [9.17, 15) is 9.18 Å². The fourth-order valence-electron chi connectivity index (χ4n) is 5.13. The van der Waals surface area contributed by atoms with Gasteiger partial charge in [0, 0.05) is 52.9 Å². The Morgan fingerprint density at radius 1 is 1.00 bits per heavy atom. The summed E-state index contributed by atoms with van der Waals surface area (Å²) in [6.07, 6.45) is 2.15. The van der Waals surface area contributed by atoms with Crippen molar-refractivity contribution in [2.45, 2.75) is 20.3 Å². The summed E-state index contributed by atoms with van der Waals surface area (Å²) in [5.74, 6) is 0.318. The van der Waals surface area contributed by atoms with Gasteiger partial charge in [0.15, 0.2) is 0 Å². The van der Waals surface area contributed by atoms with Crippen molar-refractivity contribution in [2.24, 2.45) is 5.92 Å². The maximum atomic E-state index is 14.6. The topological polar surface area (TPSA) is 112 Å². The largest absolute Gasteiger partial charge is 0.492 e. The van der Waals surface area contributed by atoms with Gasteiger partial charge in [-0.25, -0.2) is 9.37 Å². The number of fused-ring (bicyclic) bond motifs is 2. The summed E-state index contributed by atoms with van der Waals surface area (Å²) in [5, 5.41) is 11.5. The molecule has 2 aromatic carbocycles. The minimum Gasteiger partial charge on any atom is -0.492 e. The molecule has 0 aliphatic rings. The normalized spacial score (nSPS) is 11.6. The van der Waals surface area contributed by atoms with E-state index in [-0.39, 0.29) is 11.8 Å². The van der Waals surface area contributed by atoms with Crippen LogP contribution in [0.2, 0.25) is 0 Å². The number of hydrogen-bond donors (Lipinski definition) is 3. The number of likely N-dealkylation sites (N-methyl/N-ethyl adjacent to an activating group) is 1. The van der Waals surface area contributed by atoms with Crippen molar-refractivity contribution in [3.63, 3.8) is 0 Å². The van der Waals surface area contributed by atoms with Gasteiger partial charge in [0.2, 0.25) is 5.91 Å². The van der Waals surface area contributed by atoms with Crippen molar-refractivity contribution in [1.29, 1.82) is 0 Å². The van der Waals surface area contributed by atoms with Gasteiger partial charge in [-0.3, -0.25) is 14.9 Å². The summed E-state index contributed by atoms with van der Waals surface area (Å²) in [4.78, 5) is 27.3. The Morgan fingerprint density at radius 3 is 2.68 bits per heavy atom. The number of hydrogen-bond acceptors (Lipinski definition) is 6. The summed E-state index contributed by atoms with van der Waals surface area (Å²) in [6.45, 7) is 5.19. The lowest BCUT2D eigenvalue weighted by molar-refractivity contribution is -0.116. The predicted octanol–water partition coefficient (Wildman–Crippen LogP) is 6.90. The van der Waals surface area contributed by atoms with E-state index in [1.54, 1.807) is 6.20 Å². The predicted molar refractivity (Wildman–Crippen MR) is 172 cm³/mol. The molecule has 6 aromatic rings. The third-order valence-electron chi connectivity index (χ3n) is 7.20. The van der Waals surface area contributed by atoms with Gasteiger partial charge in [-0.2, -0.15) is 5.10 Å². The summed E-state index contributed by atoms with van der Waals surface area (Å²) >= 11 is 0. The van der Waals surface area contributed by atoms with Crippen LogP contribution < -0.4 is 10.1 Å². The van der Waals surface area contributed by atoms with Gasteiger partial charge in [-0.05, 0) is 68.5 Å². The minimum absolute atomic E-state index is 0.0170.